The molecule has 4 rings (SSSR count). The monoisotopic (exact) mass is 496 g/mol. The zero-order valence-electron chi connectivity index (χ0n) is 20.3. The topological polar surface area (TPSA) is 79.3 Å². The van der Waals surface area contributed by atoms with E-state index in [4.69, 9.17) is 0 Å². The molecule has 0 fully saturated rings. The second-order valence-corrected chi connectivity index (χ2v) is 9.55. The normalized spacial score (nSPS) is 12.1. The molecule has 0 spiro atoms. The summed E-state index contributed by atoms with van der Waals surface area (Å²) in [6.45, 7) is 2.00. The molecule has 0 aliphatic rings. The minimum absolute atomic E-state index is 0.364. The van der Waals surface area contributed by atoms with Gasteiger partial charge in [-0.2, -0.15) is 11.8 Å². The van der Waals surface area contributed by atoms with Gasteiger partial charge in [0.15, 0.2) is 0 Å². The molecule has 1 atom stereocenters. The number of fused-ring (bicyclic) bond motifs is 1. The lowest BCUT2D eigenvalue weighted by molar-refractivity contribution is -0.139. The predicted molar refractivity (Wildman–Crippen MR) is 149 cm³/mol. The molecule has 6 heteroatoms. The smallest absolute Gasteiger partial charge is 0.326 e. The van der Waals surface area contributed by atoms with Crippen molar-refractivity contribution in [2.75, 3.05) is 12.0 Å². The van der Waals surface area contributed by atoms with Crippen LogP contribution in [0.3, 0.4) is 0 Å². The van der Waals surface area contributed by atoms with E-state index in [0.717, 1.165) is 38.7 Å². The van der Waals surface area contributed by atoms with Crippen LogP contribution in [0.5, 0.6) is 0 Å². The molecule has 0 aliphatic carbocycles. The first-order valence-electron chi connectivity index (χ1n) is 11.7. The number of aliphatic carboxylic acids is 1. The van der Waals surface area contributed by atoms with Gasteiger partial charge in [0.2, 0.25) is 0 Å². The molecule has 4 aromatic rings. The van der Waals surface area contributed by atoms with Gasteiger partial charge in [0.05, 0.1) is 5.52 Å². The summed E-state index contributed by atoms with van der Waals surface area (Å²) in [5, 5.41) is 13.4. The molecular formula is C30H28N2O3S. The van der Waals surface area contributed by atoms with Gasteiger partial charge in [0, 0.05) is 17.1 Å². The van der Waals surface area contributed by atoms with Crippen molar-refractivity contribution < 1.29 is 14.7 Å². The summed E-state index contributed by atoms with van der Waals surface area (Å²) in [6, 6.07) is 22.6. The quantitative estimate of drug-likeness (QED) is 0.284. The molecule has 0 saturated heterocycles. The number of pyridine rings is 1. The Kier molecular flexibility index (Phi) is 8.18. The van der Waals surface area contributed by atoms with Crippen molar-refractivity contribution in [3.63, 3.8) is 0 Å². The first-order valence-corrected chi connectivity index (χ1v) is 13.1. The number of hydrogen-bond acceptors (Lipinski definition) is 4. The Bertz CT molecular complexity index is 1430. The van der Waals surface area contributed by atoms with Gasteiger partial charge in [-0.05, 0) is 77.4 Å². The highest BCUT2D eigenvalue weighted by molar-refractivity contribution is 7.98. The molecule has 0 bridgehead atoms. The number of aryl methyl sites for hydroxylation is 1. The summed E-state index contributed by atoms with van der Waals surface area (Å²) < 4.78 is 0. The maximum absolute atomic E-state index is 13.2. The van der Waals surface area contributed by atoms with Crippen LogP contribution in [0, 0.1) is 6.92 Å². The maximum Gasteiger partial charge on any atom is 0.326 e. The van der Waals surface area contributed by atoms with Crippen molar-refractivity contribution in [3.8, 4) is 11.1 Å². The number of rotatable bonds is 9. The summed E-state index contributed by atoms with van der Waals surface area (Å²) in [5.74, 6) is -0.774. The number of carbonyl (C=O) groups is 2. The van der Waals surface area contributed by atoms with Gasteiger partial charge < -0.3 is 10.4 Å². The number of nitrogens with one attached hydrogen (secondary N) is 1. The first kappa shape index (κ1) is 25.2. The number of thioether (sulfide) groups is 1. The van der Waals surface area contributed by atoms with Crippen molar-refractivity contribution >= 4 is 46.7 Å². The highest BCUT2D eigenvalue weighted by Crippen LogP contribution is 2.29. The molecular weight excluding hydrogens is 468 g/mol. The number of aromatic nitrogens is 1. The largest absolute Gasteiger partial charge is 0.480 e. The molecule has 5 nitrogen and oxygen atoms in total. The highest BCUT2D eigenvalue weighted by Gasteiger charge is 2.22. The zero-order valence-corrected chi connectivity index (χ0v) is 21.1. The molecule has 0 aliphatic heterocycles. The van der Waals surface area contributed by atoms with Gasteiger partial charge in [0.1, 0.15) is 6.04 Å². The average molecular weight is 497 g/mol. The zero-order chi connectivity index (χ0) is 25.5. The van der Waals surface area contributed by atoms with Crippen molar-refractivity contribution in [1.29, 1.82) is 0 Å². The Morgan fingerprint density at radius 2 is 1.72 bits per heavy atom. The molecule has 2 N–H and O–H groups in total. The van der Waals surface area contributed by atoms with Gasteiger partial charge in [-0.3, -0.25) is 9.78 Å². The minimum atomic E-state index is -1.03. The second-order valence-electron chi connectivity index (χ2n) is 8.56. The number of benzene rings is 3. The lowest BCUT2D eigenvalue weighted by Crippen LogP contribution is -2.41. The third-order valence-electron chi connectivity index (χ3n) is 6.02. The van der Waals surface area contributed by atoms with Crippen molar-refractivity contribution in [2.45, 2.75) is 19.4 Å². The predicted octanol–water partition coefficient (Wildman–Crippen LogP) is 6.32. The van der Waals surface area contributed by atoms with Crippen LogP contribution in [-0.4, -0.2) is 40.0 Å². The molecule has 0 unspecified atom stereocenters. The van der Waals surface area contributed by atoms with E-state index in [9.17, 15) is 14.7 Å². The maximum atomic E-state index is 13.2. The van der Waals surface area contributed by atoms with Crippen LogP contribution in [0.25, 0.3) is 34.2 Å². The Balaban J connectivity index is 1.68. The summed E-state index contributed by atoms with van der Waals surface area (Å²) in [5.41, 5.74) is 6.03. The summed E-state index contributed by atoms with van der Waals surface area (Å²) >= 11 is 1.55. The molecule has 1 amide bonds. The molecule has 182 valence electrons. The van der Waals surface area contributed by atoms with Crippen LogP contribution in [0.2, 0.25) is 0 Å². The van der Waals surface area contributed by atoms with Crippen molar-refractivity contribution in [2.24, 2.45) is 0 Å². The average Bonchev–Trinajstić information content (AvgIpc) is 2.89. The number of para-hydroxylation sites is 1. The Morgan fingerprint density at radius 1 is 0.972 bits per heavy atom. The number of carbonyl (C=O) groups excluding carboxylic acids is 1. The van der Waals surface area contributed by atoms with Crippen LogP contribution in [0.15, 0.2) is 79.0 Å². The number of carboxylic acid groups (broad SMARTS) is 1. The number of hydrogen-bond donors (Lipinski definition) is 2. The summed E-state index contributed by atoms with van der Waals surface area (Å²) in [7, 11) is 0. The van der Waals surface area contributed by atoms with Gasteiger partial charge in [-0.1, -0.05) is 60.7 Å². The van der Waals surface area contributed by atoms with E-state index >= 15 is 0 Å². The van der Waals surface area contributed by atoms with Crippen LogP contribution >= 0.6 is 11.8 Å². The SMILES string of the molecule is CSCC[C@H](NC(=O)c1ccc(/C=C/c2cnc3ccccc3c2)cc1-c1ccccc1C)C(=O)O. The lowest BCUT2D eigenvalue weighted by Gasteiger charge is -2.17. The lowest BCUT2D eigenvalue weighted by atomic mass is 9.93. The number of amides is 1. The van der Waals surface area contributed by atoms with E-state index in [2.05, 4.69) is 16.4 Å². The van der Waals surface area contributed by atoms with E-state index in [-0.39, 0.29) is 0 Å². The van der Waals surface area contributed by atoms with E-state index in [1.165, 1.54) is 0 Å². The fraction of sp³-hybridized carbons (Fsp3) is 0.167. The molecule has 0 radical (unpaired) electrons. The van der Waals surface area contributed by atoms with Crippen molar-refractivity contribution in [1.82, 2.24) is 10.3 Å². The van der Waals surface area contributed by atoms with Gasteiger partial charge in [-0.15, -0.1) is 0 Å². The standard InChI is InChI=1S/C30H28N2O3S/c1-20-7-3-5-9-24(20)26-18-21(11-12-22-17-23-8-4-6-10-27(23)31-19-22)13-14-25(26)29(33)32-28(30(34)35)15-16-36-2/h3-14,17-19,28H,15-16H2,1-2H3,(H,32,33)(H,34,35)/b12-11+/t28-/m0/s1. The number of nitrogens with zero attached hydrogens (tertiary/aromatic N) is 1. The van der Waals surface area contributed by atoms with Gasteiger partial charge in [0.25, 0.3) is 5.91 Å². The van der Waals surface area contributed by atoms with E-state index in [1.807, 2.05) is 92.2 Å². The molecule has 0 saturated carbocycles. The fourth-order valence-corrected chi connectivity index (χ4v) is 4.53. The van der Waals surface area contributed by atoms with Crippen LogP contribution in [0.4, 0.5) is 0 Å². The molecule has 1 heterocycles. The highest BCUT2D eigenvalue weighted by atomic mass is 32.2. The van der Waals surface area contributed by atoms with Crippen LogP contribution < -0.4 is 5.32 Å². The molecule has 36 heavy (non-hydrogen) atoms. The first-order chi connectivity index (χ1) is 17.5. The van der Waals surface area contributed by atoms with Crippen molar-refractivity contribution in [3.05, 3.63) is 101 Å². The Morgan fingerprint density at radius 3 is 2.50 bits per heavy atom. The second kappa shape index (κ2) is 11.7. The third kappa shape index (κ3) is 6.01. The van der Waals surface area contributed by atoms with E-state index in [1.54, 1.807) is 17.8 Å². The fourth-order valence-electron chi connectivity index (χ4n) is 4.06. The summed E-state index contributed by atoms with van der Waals surface area (Å²) in [6.07, 6.45) is 8.11. The summed E-state index contributed by atoms with van der Waals surface area (Å²) in [4.78, 5) is 29.5. The van der Waals surface area contributed by atoms with E-state index < -0.39 is 17.9 Å². The molecule has 3 aromatic carbocycles. The van der Waals surface area contributed by atoms with Crippen LogP contribution in [0.1, 0.15) is 33.5 Å². The number of carboxylic acids is 1. The van der Waals surface area contributed by atoms with E-state index in [0.29, 0.717) is 17.7 Å². The third-order valence-corrected chi connectivity index (χ3v) is 6.66. The Labute approximate surface area is 215 Å². The minimum Gasteiger partial charge on any atom is -0.480 e. The van der Waals surface area contributed by atoms with Crippen LogP contribution in [-0.2, 0) is 4.79 Å². The Hall–Kier alpha value is -3.90. The van der Waals surface area contributed by atoms with Gasteiger partial charge in [-0.25, -0.2) is 4.79 Å². The molecule has 1 aromatic heterocycles. The van der Waals surface area contributed by atoms with Gasteiger partial charge >= 0.3 is 5.97 Å².